The summed E-state index contributed by atoms with van der Waals surface area (Å²) in [4.78, 5) is 20.9. The number of thiazole rings is 1. The van der Waals surface area contributed by atoms with Crippen LogP contribution in [0.3, 0.4) is 0 Å². The first-order valence-corrected chi connectivity index (χ1v) is 11.3. The smallest absolute Gasteiger partial charge is 0.275 e. The Morgan fingerprint density at radius 2 is 1.89 bits per heavy atom. The van der Waals surface area contributed by atoms with Crippen molar-refractivity contribution < 1.29 is 4.79 Å². The number of amides is 1. The van der Waals surface area contributed by atoms with E-state index in [-0.39, 0.29) is 5.91 Å². The van der Waals surface area contributed by atoms with Crippen LogP contribution < -0.4 is 15.5 Å². The minimum Gasteiger partial charge on any atom is -0.367 e. The summed E-state index contributed by atoms with van der Waals surface area (Å²) in [5, 5.41) is 9.08. The van der Waals surface area contributed by atoms with Gasteiger partial charge in [-0.2, -0.15) is 0 Å². The first-order valence-electron chi connectivity index (χ1n) is 9.20. The highest BCUT2D eigenvalue weighted by molar-refractivity contribution is 7.98. The SMILES string of the molecule is CSc1ccc(-c2nc(C(=O)Nc3ccccc3N3CCNCC3)cs2)cc1. The lowest BCUT2D eigenvalue weighted by molar-refractivity contribution is 0.102. The summed E-state index contributed by atoms with van der Waals surface area (Å²) in [6, 6.07) is 16.2. The van der Waals surface area contributed by atoms with E-state index < -0.39 is 0 Å². The lowest BCUT2D eigenvalue weighted by Crippen LogP contribution is -2.43. The predicted molar refractivity (Wildman–Crippen MR) is 119 cm³/mol. The molecule has 0 spiro atoms. The number of nitrogens with one attached hydrogen (secondary N) is 2. The monoisotopic (exact) mass is 410 g/mol. The van der Waals surface area contributed by atoms with E-state index >= 15 is 0 Å². The molecule has 28 heavy (non-hydrogen) atoms. The van der Waals surface area contributed by atoms with Crippen molar-refractivity contribution in [1.82, 2.24) is 10.3 Å². The first-order chi connectivity index (χ1) is 13.7. The molecule has 4 rings (SSSR count). The van der Waals surface area contributed by atoms with Gasteiger partial charge < -0.3 is 15.5 Å². The number of hydrogen-bond donors (Lipinski definition) is 2. The van der Waals surface area contributed by atoms with E-state index in [9.17, 15) is 4.79 Å². The molecule has 0 aliphatic carbocycles. The van der Waals surface area contributed by atoms with E-state index in [1.54, 1.807) is 11.8 Å². The second-order valence-electron chi connectivity index (χ2n) is 6.47. The van der Waals surface area contributed by atoms with Crippen LogP contribution in [0, 0.1) is 0 Å². The number of thioether (sulfide) groups is 1. The molecule has 1 fully saturated rings. The molecule has 1 aliphatic rings. The van der Waals surface area contributed by atoms with Crippen molar-refractivity contribution in [1.29, 1.82) is 0 Å². The third kappa shape index (κ3) is 4.22. The van der Waals surface area contributed by atoms with Crippen molar-refractivity contribution in [2.45, 2.75) is 4.90 Å². The van der Waals surface area contributed by atoms with Crippen molar-refractivity contribution in [2.75, 3.05) is 42.7 Å². The van der Waals surface area contributed by atoms with Gasteiger partial charge in [0.05, 0.1) is 11.4 Å². The fourth-order valence-electron chi connectivity index (χ4n) is 3.19. The van der Waals surface area contributed by atoms with Gasteiger partial charge in [0.25, 0.3) is 5.91 Å². The van der Waals surface area contributed by atoms with Gasteiger partial charge in [0.1, 0.15) is 10.7 Å². The number of aromatic nitrogens is 1. The average molecular weight is 411 g/mol. The van der Waals surface area contributed by atoms with Crippen LogP contribution in [-0.2, 0) is 0 Å². The quantitative estimate of drug-likeness (QED) is 0.618. The van der Waals surface area contributed by atoms with Crippen molar-refractivity contribution in [3.63, 3.8) is 0 Å². The van der Waals surface area contributed by atoms with Crippen LogP contribution in [0.1, 0.15) is 10.5 Å². The summed E-state index contributed by atoms with van der Waals surface area (Å²) in [6.07, 6.45) is 2.05. The van der Waals surface area contributed by atoms with Crippen LogP contribution in [-0.4, -0.2) is 43.3 Å². The second kappa shape index (κ2) is 8.77. The highest BCUT2D eigenvalue weighted by atomic mass is 32.2. The number of hydrogen-bond acceptors (Lipinski definition) is 6. The van der Waals surface area contributed by atoms with Crippen LogP contribution in [0.4, 0.5) is 11.4 Å². The molecule has 5 nitrogen and oxygen atoms in total. The molecule has 1 amide bonds. The normalized spacial score (nSPS) is 14.1. The molecular weight excluding hydrogens is 388 g/mol. The average Bonchev–Trinajstić information content (AvgIpc) is 3.25. The number of rotatable bonds is 5. The molecule has 2 heterocycles. The maximum absolute atomic E-state index is 12.8. The zero-order valence-electron chi connectivity index (χ0n) is 15.6. The zero-order chi connectivity index (χ0) is 19.3. The molecule has 1 saturated heterocycles. The van der Waals surface area contributed by atoms with E-state index in [0.29, 0.717) is 5.69 Å². The molecule has 2 N–H and O–H groups in total. The largest absolute Gasteiger partial charge is 0.367 e. The Bertz CT molecular complexity index is 949. The maximum Gasteiger partial charge on any atom is 0.275 e. The number of nitrogens with zero attached hydrogens (tertiary/aromatic N) is 2. The molecule has 2 aromatic carbocycles. The molecular formula is C21H22N4OS2. The highest BCUT2D eigenvalue weighted by Crippen LogP contribution is 2.28. The predicted octanol–water partition coefficient (Wildman–Crippen LogP) is 4.19. The number of carbonyl (C=O) groups excluding carboxylic acids is 1. The Labute approximate surface area is 173 Å². The number of carbonyl (C=O) groups is 1. The Balaban J connectivity index is 1.51. The summed E-state index contributed by atoms with van der Waals surface area (Å²) in [6.45, 7) is 3.76. The molecule has 0 bridgehead atoms. The van der Waals surface area contributed by atoms with Gasteiger partial charge in [0, 0.05) is 42.0 Å². The Kier molecular flexibility index (Phi) is 5.95. The third-order valence-electron chi connectivity index (χ3n) is 4.68. The molecule has 0 radical (unpaired) electrons. The minimum absolute atomic E-state index is 0.175. The Morgan fingerprint density at radius 3 is 2.64 bits per heavy atom. The number of benzene rings is 2. The summed E-state index contributed by atoms with van der Waals surface area (Å²) >= 11 is 3.20. The van der Waals surface area contributed by atoms with Gasteiger partial charge in [-0.3, -0.25) is 4.79 Å². The van der Waals surface area contributed by atoms with Gasteiger partial charge in [0.2, 0.25) is 0 Å². The first kappa shape index (κ1) is 19.0. The summed E-state index contributed by atoms with van der Waals surface area (Å²) in [5.74, 6) is -0.175. The maximum atomic E-state index is 12.8. The molecule has 3 aromatic rings. The summed E-state index contributed by atoms with van der Waals surface area (Å²) in [7, 11) is 0. The van der Waals surface area contributed by atoms with Gasteiger partial charge in [-0.15, -0.1) is 23.1 Å². The van der Waals surface area contributed by atoms with E-state index in [1.807, 2.05) is 35.7 Å². The fraction of sp³-hybridized carbons (Fsp3) is 0.238. The topological polar surface area (TPSA) is 57.3 Å². The van der Waals surface area contributed by atoms with E-state index in [4.69, 9.17) is 0 Å². The molecule has 7 heteroatoms. The van der Waals surface area contributed by atoms with Crippen molar-refractivity contribution in [3.8, 4) is 10.6 Å². The van der Waals surface area contributed by atoms with Crippen LogP contribution in [0.15, 0.2) is 58.8 Å². The van der Waals surface area contributed by atoms with Crippen LogP contribution in [0.25, 0.3) is 10.6 Å². The van der Waals surface area contributed by atoms with Crippen molar-refractivity contribution >= 4 is 40.4 Å². The van der Waals surface area contributed by atoms with Crippen molar-refractivity contribution in [2.24, 2.45) is 0 Å². The third-order valence-corrected chi connectivity index (χ3v) is 6.32. The van der Waals surface area contributed by atoms with E-state index in [2.05, 4.69) is 45.0 Å². The zero-order valence-corrected chi connectivity index (χ0v) is 17.3. The van der Waals surface area contributed by atoms with Crippen LogP contribution >= 0.6 is 23.1 Å². The summed E-state index contributed by atoms with van der Waals surface area (Å²) < 4.78 is 0. The lowest BCUT2D eigenvalue weighted by atomic mass is 10.2. The highest BCUT2D eigenvalue weighted by Gasteiger charge is 2.17. The van der Waals surface area contributed by atoms with Gasteiger partial charge >= 0.3 is 0 Å². The van der Waals surface area contributed by atoms with Gasteiger partial charge in [-0.05, 0) is 30.5 Å². The Hall–Kier alpha value is -2.35. The molecule has 1 aliphatic heterocycles. The van der Waals surface area contributed by atoms with Crippen LogP contribution in [0.2, 0.25) is 0 Å². The number of piperazine rings is 1. The molecule has 1 aromatic heterocycles. The fourth-order valence-corrected chi connectivity index (χ4v) is 4.41. The second-order valence-corrected chi connectivity index (χ2v) is 8.21. The molecule has 0 saturated carbocycles. The van der Waals surface area contributed by atoms with E-state index in [1.165, 1.54) is 16.2 Å². The van der Waals surface area contributed by atoms with Gasteiger partial charge in [0.15, 0.2) is 0 Å². The molecule has 0 unspecified atom stereocenters. The number of para-hydroxylation sites is 2. The minimum atomic E-state index is -0.175. The Morgan fingerprint density at radius 1 is 1.14 bits per heavy atom. The standard InChI is InChI=1S/C21H22N4OS2/c1-27-16-8-6-15(7-9-16)21-24-18(14-28-21)20(26)23-17-4-2-3-5-19(17)25-12-10-22-11-13-25/h2-9,14,22H,10-13H2,1H3,(H,23,26). The number of anilines is 2. The lowest BCUT2D eigenvalue weighted by Gasteiger charge is -2.31. The van der Waals surface area contributed by atoms with Crippen molar-refractivity contribution in [3.05, 3.63) is 59.6 Å². The van der Waals surface area contributed by atoms with Gasteiger partial charge in [-0.1, -0.05) is 24.3 Å². The van der Waals surface area contributed by atoms with E-state index in [0.717, 1.165) is 48.1 Å². The molecule has 0 atom stereocenters. The molecule has 144 valence electrons. The van der Waals surface area contributed by atoms with Gasteiger partial charge in [-0.25, -0.2) is 4.98 Å². The summed E-state index contributed by atoms with van der Waals surface area (Å²) in [5.41, 5.74) is 3.36. The van der Waals surface area contributed by atoms with Crippen LogP contribution in [0.5, 0.6) is 0 Å².